The van der Waals surface area contributed by atoms with E-state index in [1.54, 1.807) is 0 Å². The second-order valence-corrected chi connectivity index (χ2v) is 5.26. The van der Waals surface area contributed by atoms with Crippen LogP contribution in [0.4, 0.5) is 0 Å². The predicted octanol–water partition coefficient (Wildman–Crippen LogP) is 3.09. The number of aromatic nitrogens is 2. The molecule has 102 valence electrons. The van der Waals surface area contributed by atoms with Crippen LogP contribution in [-0.2, 0) is 13.5 Å². The van der Waals surface area contributed by atoms with Gasteiger partial charge in [-0.2, -0.15) is 5.10 Å². The summed E-state index contributed by atoms with van der Waals surface area (Å²) in [5.74, 6) is 0. The molecule has 2 unspecified atom stereocenters. The van der Waals surface area contributed by atoms with Crippen molar-refractivity contribution in [3.63, 3.8) is 0 Å². The molecule has 0 aliphatic rings. The van der Waals surface area contributed by atoms with Crippen LogP contribution in [0.2, 0.25) is 0 Å². The molecule has 19 heavy (non-hydrogen) atoms. The molecular weight excluding hydrogens is 234 g/mol. The largest absolute Gasteiger partial charge is 0.308 e. The summed E-state index contributed by atoms with van der Waals surface area (Å²) < 4.78 is 1.85. The Morgan fingerprint density at radius 2 is 1.95 bits per heavy atom. The zero-order valence-electron chi connectivity index (χ0n) is 12.0. The summed E-state index contributed by atoms with van der Waals surface area (Å²) in [7, 11) is 1.95. The third kappa shape index (κ3) is 4.21. The molecule has 0 spiro atoms. The summed E-state index contributed by atoms with van der Waals surface area (Å²) in [6.45, 7) is 4.44. The lowest BCUT2D eigenvalue weighted by Crippen LogP contribution is -2.29. The molecule has 1 aromatic carbocycles. The van der Waals surface area contributed by atoms with Gasteiger partial charge in [0.05, 0.1) is 6.20 Å². The standard InChI is InChI=1S/C16H23N3/c1-13(9-10-15-7-5-4-6-8-15)18-14(2)16-11-17-19(3)12-16/h4-8,11-14,18H,9-10H2,1-3H3. The minimum atomic E-state index is 0.347. The van der Waals surface area contributed by atoms with E-state index in [4.69, 9.17) is 0 Å². The molecule has 0 saturated carbocycles. The maximum atomic E-state index is 4.22. The highest BCUT2D eigenvalue weighted by molar-refractivity contribution is 5.15. The SMILES string of the molecule is CC(CCc1ccccc1)NC(C)c1cnn(C)c1. The van der Waals surface area contributed by atoms with E-state index in [1.165, 1.54) is 11.1 Å². The van der Waals surface area contributed by atoms with Crippen molar-refractivity contribution >= 4 is 0 Å². The van der Waals surface area contributed by atoms with Crippen LogP contribution in [-0.4, -0.2) is 15.8 Å². The van der Waals surface area contributed by atoms with Crippen molar-refractivity contribution < 1.29 is 0 Å². The Morgan fingerprint density at radius 3 is 2.58 bits per heavy atom. The summed E-state index contributed by atoms with van der Waals surface area (Å²) in [4.78, 5) is 0. The Balaban J connectivity index is 1.79. The number of hydrogen-bond donors (Lipinski definition) is 1. The van der Waals surface area contributed by atoms with Crippen molar-refractivity contribution in [3.05, 3.63) is 53.9 Å². The molecule has 1 heterocycles. The van der Waals surface area contributed by atoms with E-state index < -0.39 is 0 Å². The first-order valence-corrected chi connectivity index (χ1v) is 6.93. The molecule has 0 aliphatic heterocycles. The molecule has 3 nitrogen and oxygen atoms in total. The first-order valence-electron chi connectivity index (χ1n) is 6.93. The van der Waals surface area contributed by atoms with Crippen molar-refractivity contribution in [1.82, 2.24) is 15.1 Å². The molecule has 0 aliphatic carbocycles. The topological polar surface area (TPSA) is 29.9 Å². The fourth-order valence-corrected chi connectivity index (χ4v) is 2.30. The lowest BCUT2D eigenvalue weighted by atomic mass is 10.0. The summed E-state index contributed by atoms with van der Waals surface area (Å²) in [5, 5.41) is 7.84. The highest BCUT2D eigenvalue weighted by atomic mass is 15.2. The van der Waals surface area contributed by atoms with Gasteiger partial charge in [-0.05, 0) is 32.3 Å². The first kappa shape index (κ1) is 13.8. The smallest absolute Gasteiger partial charge is 0.0537 e. The summed E-state index contributed by atoms with van der Waals surface area (Å²) in [6, 6.07) is 11.5. The van der Waals surface area contributed by atoms with Gasteiger partial charge in [0.15, 0.2) is 0 Å². The third-order valence-electron chi connectivity index (χ3n) is 3.47. The summed E-state index contributed by atoms with van der Waals surface area (Å²) in [6.07, 6.45) is 6.27. The van der Waals surface area contributed by atoms with Crippen LogP contribution in [0.25, 0.3) is 0 Å². The molecule has 1 N–H and O–H groups in total. The second-order valence-electron chi connectivity index (χ2n) is 5.26. The minimum absolute atomic E-state index is 0.347. The lowest BCUT2D eigenvalue weighted by molar-refractivity contribution is 0.456. The van der Waals surface area contributed by atoms with Crippen LogP contribution in [0.15, 0.2) is 42.7 Å². The maximum absolute atomic E-state index is 4.22. The first-order chi connectivity index (χ1) is 9.15. The molecule has 2 rings (SSSR count). The Labute approximate surface area is 115 Å². The summed E-state index contributed by atoms with van der Waals surface area (Å²) >= 11 is 0. The van der Waals surface area contributed by atoms with E-state index in [0.717, 1.165) is 12.8 Å². The molecule has 0 bridgehead atoms. The van der Waals surface area contributed by atoms with Gasteiger partial charge >= 0.3 is 0 Å². The van der Waals surface area contributed by atoms with Crippen LogP contribution in [0.1, 0.15) is 37.4 Å². The number of rotatable bonds is 6. The van der Waals surface area contributed by atoms with Crippen molar-refractivity contribution in [2.45, 2.75) is 38.8 Å². The Kier molecular flexibility index (Phi) is 4.74. The van der Waals surface area contributed by atoms with Gasteiger partial charge in [-0.25, -0.2) is 0 Å². The number of hydrogen-bond acceptors (Lipinski definition) is 2. The Hall–Kier alpha value is -1.61. The molecular formula is C16H23N3. The van der Waals surface area contributed by atoms with E-state index in [2.05, 4.69) is 60.8 Å². The van der Waals surface area contributed by atoms with Crippen LogP contribution < -0.4 is 5.32 Å². The van der Waals surface area contributed by atoms with Gasteiger partial charge in [0.2, 0.25) is 0 Å². The number of nitrogens with one attached hydrogen (secondary N) is 1. The molecule has 2 atom stereocenters. The normalized spacial score (nSPS) is 14.3. The molecule has 0 amide bonds. The van der Waals surface area contributed by atoms with E-state index in [0.29, 0.717) is 12.1 Å². The average molecular weight is 257 g/mol. The van der Waals surface area contributed by atoms with E-state index in [9.17, 15) is 0 Å². The van der Waals surface area contributed by atoms with Crippen molar-refractivity contribution in [2.24, 2.45) is 7.05 Å². The van der Waals surface area contributed by atoms with Gasteiger partial charge < -0.3 is 5.32 Å². The number of nitrogens with zero attached hydrogens (tertiary/aromatic N) is 2. The fourth-order valence-electron chi connectivity index (χ4n) is 2.30. The molecule has 0 fully saturated rings. The van der Waals surface area contributed by atoms with Gasteiger partial charge in [-0.15, -0.1) is 0 Å². The molecule has 3 heteroatoms. The van der Waals surface area contributed by atoms with Gasteiger partial charge in [0, 0.05) is 30.9 Å². The van der Waals surface area contributed by atoms with Crippen LogP contribution in [0.5, 0.6) is 0 Å². The minimum Gasteiger partial charge on any atom is -0.308 e. The van der Waals surface area contributed by atoms with Gasteiger partial charge in [-0.3, -0.25) is 4.68 Å². The maximum Gasteiger partial charge on any atom is 0.0537 e. The van der Waals surface area contributed by atoms with Gasteiger partial charge in [-0.1, -0.05) is 30.3 Å². The highest BCUT2D eigenvalue weighted by Gasteiger charge is 2.10. The molecule has 0 radical (unpaired) electrons. The zero-order valence-corrected chi connectivity index (χ0v) is 12.0. The second kappa shape index (κ2) is 6.53. The quantitative estimate of drug-likeness (QED) is 0.862. The molecule has 1 aromatic heterocycles. The van der Waals surface area contributed by atoms with Crippen molar-refractivity contribution in [1.29, 1.82) is 0 Å². The molecule has 0 saturated heterocycles. The van der Waals surface area contributed by atoms with Crippen LogP contribution >= 0.6 is 0 Å². The van der Waals surface area contributed by atoms with Crippen LogP contribution in [0.3, 0.4) is 0 Å². The lowest BCUT2D eigenvalue weighted by Gasteiger charge is -2.19. The molecule has 2 aromatic rings. The van der Waals surface area contributed by atoms with Gasteiger partial charge in [0.1, 0.15) is 0 Å². The number of aryl methyl sites for hydroxylation is 2. The third-order valence-corrected chi connectivity index (χ3v) is 3.47. The Bertz CT molecular complexity index is 490. The zero-order chi connectivity index (χ0) is 13.7. The van der Waals surface area contributed by atoms with Crippen molar-refractivity contribution in [3.8, 4) is 0 Å². The van der Waals surface area contributed by atoms with E-state index in [-0.39, 0.29) is 0 Å². The Morgan fingerprint density at radius 1 is 1.21 bits per heavy atom. The van der Waals surface area contributed by atoms with Gasteiger partial charge in [0.25, 0.3) is 0 Å². The van der Waals surface area contributed by atoms with Crippen molar-refractivity contribution in [2.75, 3.05) is 0 Å². The summed E-state index contributed by atoms with van der Waals surface area (Å²) in [5.41, 5.74) is 2.65. The average Bonchev–Trinajstić information content (AvgIpc) is 2.84. The van der Waals surface area contributed by atoms with Crippen LogP contribution in [0, 0.1) is 0 Å². The highest BCUT2D eigenvalue weighted by Crippen LogP contribution is 2.13. The van der Waals surface area contributed by atoms with E-state index in [1.807, 2.05) is 17.9 Å². The fraction of sp³-hybridized carbons (Fsp3) is 0.438. The monoisotopic (exact) mass is 257 g/mol. The number of benzene rings is 1. The predicted molar refractivity (Wildman–Crippen MR) is 79.0 cm³/mol. The van der Waals surface area contributed by atoms with E-state index >= 15 is 0 Å².